The summed E-state index contributed by atoms with van der Waals surface area (Å²) in [7, 11) is 0. The second kappa shape index (κ2) is 10.3. The third-order valence-electron chi connectivity index (χ3n) is 5.79. The van der Waals surface area contributed by atoms with Crippen LogP contribution in [-0.2, 0) is 6.54 Å². The lowest BCUT2D eigenvalue weighted by Crippen LogP contribution is -2.31. The van der Waals surface area contributed by atoms with E-state index in [1.807, 2.05) is 83.4 Å². The van der Waals surface area contributed by atoms with Crippen molar-refractivity contribution in [2.75, 3.05) is 0 Å². The molecule has 0 saturated heterocycles. The van der Waals surface area contributed by atoms with Crippen LogP contribution in [0.15, 0.2) is 91.0 Å². The molecule has 0 radical (unpaired) electrons. The van der Waals surface area contributed by atoms with Crippen LogP contribution in [0.2, 0.25) is 0 Å². The second-order valence-electron chi connectivity index (χ2n) is 8.68. The number of nitrogens with zero attached hydrogens (tertiary/aromatic N) is 2. The van der Waals surface area contributed by atoms with Crippen LogP contribution in [0, 0.1) is 5.92 Å². The lowest BCUT2D eigenvalue weighted by atomic mass is 9.96. The molecule has 0 bridgehead atoms. The summed E-state index contributed by atoms with van der Waals surface area (Å²) < 4.78 is 2.03. The molecule has 1 atom stereocenters. The zero-order chi connectivity index (χ0) is 23.2. The molecule has 1 N–H and O–H groups in total. The number of hydrogen-bond acceptors (Lipinski definition) is 2. The van der Waals surface area contributed by atoms with Gasteiger partial charge in [0.25, 0.3) is 5.91 Å². The molecule has 0 fully saturated rings. The first-order valence-electron chi connectivity index (χ1n) is 11.7. The number of benzene rings is 3. The van der Waals surface area contributed by atoms with E-state index in [9.17, 15) is 4.79 Å². The molecule has 33 heavy (non-hydrogen) atoms. The highest BCUT2D eigenvalue weighted by Crippen LogP contribution is 2.30. The van der Waals surface area contributed by atoms with Crippen LogP contribution >= 0.6 is 0 Å². The minimum absolute atomic E-state index is 0.0669. The van der Waals surface area contributed by atoms with E-state index in [1.54, 1.807) is 0 Å². The van der Waals surface area contributed by atoms with Gasteiger partial charge in [0.15, 0.2) is 0 Å². The van der Waals surface area contributed by atoms with E-state index < -0.39 is 0 Å². The van der Waals surface area contributed by atoms with Crippen LogP contribution in [0.3, 0.4) is 0 Å². The van der Waals surface area contributed by atoms with E-state index in [4.69, 9.17) is 4.98 Å². The molecule has 4 rings (SSSR count). The number of carbonyl (C=O) groups excluding carboxylic acids is 1. The summed E-state index contributed by atoms with van der Waals surface area (Å²) >= 11 is 0. The van der Waals surface area contributed by atoms with E-state index in [1.165, 1.54) is 0 Å². The number of nitrogens with one attached hydrogen (secondary N) is 1. The van der Waals surface area contributed by atoms with Crippen molar-refractivity contribution in [3.8, 4) is 22.6 Å². The van der Waals surface area contributed by atoms with Gasteiger partial charge >= 0.3 is 0 Å². The number of aromatic nitrogens is 2. The predicted molar refractivity (Wildman–Crippen MR) is 135 cm³/mol. The van der Waals surface area contributed by atoms with Crippen LogP contribution in [0.4, 0.5) is 0 Å². The first-order valence-corrected chi connectivity index (χ1v) is 11.7. The van der Waals surface area contributed by atoms with Gasteiger partial charge in [0, 0.05) is 17.7 Å². The number of carbonyl (C=O) groups is 1. The van der Waals surface area contributed by atoms with Gasteiger partial charge in [-0.1, -0.05) is 105 Å². The molecule has 0 aliphatic rings. The lowest BCUT2D eigenvalue weighted by molar-refractivity contribution is 0.0923. The SMILES string of the molecule is CCn1c(-c2ccccc2)nc(-c2ccccc2)c1C(=O)NC(CC(C)C)c1ccccc1. The number of imidazole rings is 1. The Labute approximate surface area is 196 Å². The molecule has 0 saturated carbocycles. The number of rotatable bonds is 8. The minimum atomic E-state index is -0.0973. The van der Waals surface area contributed by atoms with Crippen LogP contribution < -0.4 is 5.32 Å². The molecule has 3 aromatic carbocycles. The highest BCUT2D eigenvalue weighted by molar-refractivity contribution is 5.99. The van der Waals surface area contributed by atoms with Gasteiger partial charge in [-0.2, -0.15) is 0 Å². The summed E-state index contributed by atoms with van der Waals surface area (Å²) in [6.07, 6.45) is 0.863. The maximum Gasteiger partial charge on any atom is 0.270 e. The van der Waals surface area contributed by atoms with Gasteiger partial charge in [-0.15, -0.1) is 0 Å². The molecule has 1 unspecified atom stereocenters. The largest absolute Gasteiger partial charge is 0.344 e. The summed E-state index contributed by atoms with van der Waals surface area (Å²) in [6, 6.07) is 30.2. The summed E-state index contributed by atoms with van der Waals surface area (Å²) in [5.41, 5.74) is 4.37. The average molecular weight is 438 g/mol. The molecule has 4 nitrogen and oxygen atoms in total. The maximum atomic E-state index is 13.9. The fraction of sp³-hybridized carbons (Fsp3) is 0.241. The minimum Gasteiger partial charge on any atom is -0.344 e. The van der Waals surface area contributed by atoms with E-state index in [-0.39, 0.29) is 11.9 Å². The van der Waals surface area contributed by atoms with Gasteiger partial charge in [0.2, 0.25) is 0 Å². The van der Waals surface area contributed by atoms with Gasteiger partial charge in [-0.05, 0) is 24.8 Å². The van der Waals surface area contributed by atoms with Gasteiger partial charge in [-0.25, -0.2) is 4.98 Å². The molecule has 1 aromatic heterocycles. The zero-order valence-electron chi connectivity index (χ0n) is 19.5. The molecular weight excluding hydrogens is 406 g/mol. The molecule has 4 heteroatoms. The molecule has 168 valence electrons. The molecule has 1 amide bonds. The van der Waals surface area contributed by atoms with Crippen molar-refractivity contribution in [2.45, 2.75) is 39.8 Å². The first kappa shape index (κ1) is 22.5. The average Bonchev–Trinajstić information content (AvgIpc) is 3.25. The Balaban J connectivity index is 1.81. The molecule has 0 aliphatic heterocycles. The Morgan fingerprint density at radius 2 is 1.39 bits per heavy atom. The first-order chi connectivity index (χ1) is 16.1. The van der Waals surface area contributed by atoms with Crippen molar-refractivity contribution >= 4 is 5.91 Å². The van der Waals surface area contributed by atoms with Crippen molar-refractivity contribution in [3.63, 3.8) is 0 Å². The van der Waals surface area contributed by atoms with Crippen LogP contribution in [0.5, 0.6) is 0 Å². The van der Waals surface area contributed by atoms with Gasteiger partial charge < -0.3 is 9.88 Å². The zero-order valence-corrected chi connectivity index (χ0v) is 19.5. The fourth-order valence-corrected chi connectivity index (χ4v) is 4.26. The Morgan fingerprint density at radius 3 is 1.94 bits per heavy atom. The Hall–Kier alpha value is -3.66. The maximum absolute atomic E-state index is 13.9. The van der Waals surface area contributed by atoms with Crippen LogP contribution in [0.25, 0.3) is 22.6 Å². The van der Waals surface area contributed by atoms with E-state index in [0.29, 0.717) is 23.9 Å². The van der Waals surface area contributed by atoms with Crippen molar-refractivity contribution in [2.24, 2.45) is 5.92 Å². The highest BCUT2D eigenvalue weighted by Gasteiger charge is 2.26. The molecule has 4 aromatic rings. The highest BCUT2D eigenvalue weighted by atomic mass is 16.2. The molecule has 1 heterocycles. The topological polar surface area (TPSA) is 46.9 Å². The predicted octanol–water partition coefficient (Wildman–Crippen LogP) is 6.75. The Morgan fingerprint density at radius 1 is 0.848 bits per heavy atom. The second-order valence-corrected chi connectivity index (χ2v) is 8.68. The lowest BCUT2D eigenvalue weighted by Gasteiger charge is -2.22. The standard InChI is InChI=1S/C29H31N3O/c1-4-32-27(29(33)30-25(20-21(2)3)22-14-8-5-9-15-22)26(23-16-10-6-11-17-23)31-28(32)24-18-12-7-13-19-24/h5-19,21,25H,4,20H2,1-3H3,(H,30,33). The molecule has 0 aliphatic carbocycles. The number of amides is 1. The van der Waals surface area contributed by atoms with Gasteiger partial charge in [-0.3, -0.25) is 4.79 Å². The summed E-state index contributed by atoms with van der Waals surface area (Å²) in [5.74, 6) is 1.15. The van der Waals surface area contributed by atoms with Crippen LogP contribution in [-0.4, -0.2) is 15.5 Å². The van der Waals surface area contributed by atoms with Crippen molar-refractivity contribution in [1.82, 2.24) is 14.9 Å². The smallest absolute Gasteiger partial charge is 0.270 e. The number of hydrogen-bond donors (Lipinski definition) is 1. The Kier molecular flexibility index (Phi) is 7.04. The van der Waals surface area contributed by atoms with Crippen molar-refractivity contribution in [1.29, 1.82) is 0 Å². The van der Waals surface area contributed by atoms with Crippen LogP contribution in [0.1, 0.15) is 49.3 Å². The van der Waals surface area contributed by atoms with Crippen molar-refractivity contribution in [3.05, 3.63) is 102 Å². The Bertz CT molecular complexity index is 1180. The summed E-state index contributed by atoms with van der Waals surface area (Å²) in [5, 5.41) is 3.33. The van der Waals surface area contributed by atoms with E-state index in [0.717, 1.165) is 28.9 Å². The normalized spacial score (nSPS) is 12.0. The third-order valence-corrected chi connectivity index (χ3v) is 5.79. The monoisotopic (exact) mass is 437 g/mol. The van der Waals surface area contributed by atoms with Gasteiger partial charge in [0.05, 0.1) is 6.04 Å². The molecule has 0 spiro atoms. The quantitative estimate of drug-likeness (QED) is 0.331. The summed E-state index contributed by atoms with van der Waals surface area (Å²) in [4.78, 5) is 18.8. The van der Waals surface area contributed by atoms with E-state index >= 15 is 0 Å². The van der Waals surface area contributed by atoms with Crippen molar-refractivity contribution < 1.29 is 4.79 Å². The van der Waals surface area contributed by atoms with E-state index in [2.05, 4.69) is 38.2 Å². The third kappa shape index (κ3) is 5.06. The fourth-order valence-electron chi connectivity index (χ4n) is 4.26. The summed E-state index contributed by atoms with van der Waals surface area (Å²) in [6.45, 7) is 7.07. The van der Waals surface area contributed by atoms with Gasteiger partial charge in [0.1, 0.15) is 17.2 Å². The molecular formula is C29H31N3O.